The fourth-order valence-electron chi connectivity index (χ4n) is 1.78. The Bertz CT molecular complexity index is 663. The minimum Gasteiger partial charge on any atom is -0.462 e. The fraction of sp³-hybridized carbons (Fsp3) is 0.286. The first-order valence-corrected chi connectivity index (χ1v) is 6.91. The number of H-pyrrole nitrogens is 1. The van der Waals surface area contributed by atoms with Crippen molar-refractivity contribution in [2.75, 3.05) is 6.61 Å². The van der Waals surface area contributed by atoms with E-state index in [9.17, 15) is 9.59 Å². The van der Waals surface area contributed by atoms with E-state index in [0.29, 0.717) is 23.1 Å². The summed E-state index contributed by atoms with van der Waals surface area (Å²) in [5.74, 6) is -0.456. The third-order valence-corrected chi connectivity index (χ3v) is 3.25. The lowest BCUT2D eigenvalue weighted by molar-refractivity contribution is 0.0502. The number of carbonyl (C=O) groups is 1. The normalized spacial score (nSPS) is 10.6. The molecule has 1 aromatic heterocycles. The first-order valence-electron chi connectivity index (χ1n) is 6.11. The van der Waals surface area contributed by atoms with Gasteiger partial charge in [-0.3, -0.25) is 4.79 Å². The van der Waals surface area contributed by atoms with E-state index in [1.807, 2.05) is 13.0 Å². The number of aromatic amines is 1. The highest BCUT2D eigenvalue weighted by Gasteiger charge is 2.13. The molecule has 2 rings (SSSR count). The lowest BCUT2D eigenvalue weighted by Crippen LogP contribution is -2.13. The Morgan fingerprint density at radius 2 is 2.16 bits per heavy atom. The number of hydrogen-bond acceptors (Lipinski definition) is 3. The minimum absolute atomic E-state index is 0.302. The molecule has 1 aromatic carbocycles. The Kier molecular flexibility index (Phi) is 4.37. The van der Waals surface area contributed by atoms with E-state index in [4.69, 9.17) is 4.74 Å². The number of ether oxygens (including phenoxy) is 1. The van der Waals surface area contributed by atoms with E-state index in [2.05, 4.69) is 20.9 Å². The van der Waals surface area contributed by atoms with Gasteiger partial charge in [-0.05, 0) is 24.6 Å². The number of halogens is 1. The summed E-state index contributed by atoms with van der Waals surface area (Å²) < 4.78 is 6.01. The Morgan fingerprint density at radius 1 is 1.37 bits per heavy atom. The van der Waals surface area contributed by atoms with Gasteiger partial charge in [0.25, 0.3) is 0 Å². The minimum atomic E-state index is -0.456. The second-order valence-electron chi connectivity index (χ2n) is 4.23. The van der Waals surface area contributed by atoms with Crippen LogP contribution in [-0.4, -0.2) is 17.6 Å². The zero-order valence-corrected chi connectivity index (χ0v) is 12.1. The standard InChI is InChI=1S/C14H14BrNO3/c1-2-3-6-19-14(18)11-8-13(17)16-12-5-4-9(15)7-10(11)12/h4-5,7-8H,2-3,6H2,1H3,(H,16,17). The molecule has 0 saturated carbocycles. The predicted octanol–water partition coefficient (Wildman–Crippen LogP) is 3.25. The molecule has 0 fully saturated rings. The maximum absolute atomic E-state index is 12.0. The summed E-state index contributed by atoms with van der Waals surface area (Å²) in [6.45, 7) is 2.39. The molecular weight excluding hydrogens is 310 g/mol. The molecule has 5 heteroatoms. The molecule has 19 heavy (non-hydrogen) atoms. The average molecular weight is 324 g/mol. The average Bonchev–Trinajstić information content (AvgIpc) is 2.38. The van der Waals surface area contributed by atoms with Crippen LogP contribution in [0.3, 0.4) is 0 Å². The molecule has 0 radical (unpaired) electrons. The molecule has 4 nitrogen and oxygen atoms in total. The topological polar surface area (TPSA) is 59.2 Å². The van der Waals surface area contributed by atoms with Gasteiger partial charge in [0.1, 0.15) is 0 Å². The molecule has 2 aromatic rings. The predicted molar refractivity (Wildman–Crippen MR) is 77.5 cm³/mol. The van der Waals surface area contributed by atoms with Crippen molar-refractivity contribution in [3.8, 4) is 0 Å². The molecule has 0 bridgehead atoms. The van der Waals surface area contributed by atoms with Crippen molar-refractivity contribution < 1.29 is 9.53 Å². The lowest BCUT2D eigenvalue weighted by Gasteiger charge is -2.07. The van der Waals surface area contributed by atoms with Crippen molar-refractivity contribution in [2.24, 2.45) is 0 Å². The molecular formula is C14H14BrNO3. The van der Waals surface area contributed by atoms with E-state index >= 15 is 0 Å². The smallest absolute Gasteiger partial charge is 0.339 e. The number of fused-ring (bicyclic) bond motifs is 1. The first-order chi connectivity index (χ1) is 9.11. The maximum Gasteiger partial charge on any atom is 0.339 e. The lowest BCUT2D eigenvalue weighted by atomic mass is 10.1. The third-order valence-electron chi connectivity index (χ3n) is 2.76. The van der Waals surface area contributed by atoms with Gasteiger partial charge in [-0.25, -0.2) is 4.79 Å². The molecule has 0 atom stereocenters. The van der Waals surface area contributed by atoms with Crippen LogP contribution in [0.4, 0.5) is 0 Å². The van der Waals surface area contributed by atoms with Gasteiger partial charge in [-0.1, -0.05) is 29.3 Å². The van der Waals surface area contributed by atoms with Gasteiger partial charge in [0, 0.05) is 21.4 Å². The molecule has 100 valence electrons. The highest BCUT2D eigenvalue weighted by atomic mass is 79.9. The second-order valence-corrected chi connectivity index (χ2v) is 5.14. The van der Waals surface area contributed by atoms with Crippen molar-refractivity contribution in [1.29, 1.82) is 0 Å². The van der Waals surface area contributed by atoms with E-state index in [1.54, 1.807) is 12.1 Å². The van der Waals surface area contributed by atoms with Crippen molar-refractivity contribution in [3.63, 3.8) is 0 Å². The number of aromatic nitrogens is 1. The molecule has 0 unspecified atom stereocenters. The van der Waals surface area contributed by atoms with Gasteiger partial charge in [0.15, 0.2) is 0 Å². The summed E-state index contributed by atoms with van der Waals surface area (Å²) in [4.78, 5) is 26.3. The monoisotopic (exact) mass is 323 g/mol. The van der Waals surface area contributed by atoms with Crippen LogP contribution in [0, 0.1) is 0 Å². The number of unbranched alkanes of at least 4 members (excludes halogenated alkanes) is 1. The summed E-state index contributed by atoms with van der Waals surface area (Å²) >= 11 is 3.35. The van der Waals surface area contributed by atoms with E-state index < -0.39 is 5.97 Å². The Balaban J connectivity index is 2.43. The Hall–Kier alpha value is -1.62. The van der Waals surface area contributed by atoms with Crippen LogP contribution in [0.1, 0.15) is 30.1 Å². The number of benzene rings is 1. The molecule has 1 N–H and O–H groups in total. The maximum atomic E-state index is 12.0. The highest BCUT2D eigenvalue weighted by Crippen LogP contribution is 2.21. The molecule has 0 aliphatic carbocycles. The van der Waals surface area contributed by atoms with Gasteiger partial charge < -0.3 is 9.72 Å². The molecule has 0 aliphatic heterocycles. The van der Waals surface area contributed by atoms with Crippen LogP contribution in [0.15, 0.2) is 33.5 Å². The van der Waals surface area contributed by atoms with Gasteiger partial charge in [0.05, 0.1) is 12.2 Å². The van der Waals surface area contributed by atoms with E-state index in [-0.39, 0.29) is 5.56 Å². The van der Waals surface area contributed by atoms with Gasteiger partial charge in [-0.2, -0.15) is 0 Å². The highest BCUT2D eigenvalue weighted by molar-refractivity contribution is 9.10. The van der Waals surface area contributed by atoms with Gasteiger partial charge in [0.2, 0.25) is 5.56 Å². The molecule has 0 amide bonds. The Morgan fingerprint density at radius 3 is 2.89 bits per heavy atom. The van der Waals surface area contributed by atoms with E-state index in [1.165, 1.54) is 6.07 Å². The van der Waals surface area contributed by atoms with Crippen LogP contribution in [-0.2, 0) is 4.74 Å². The second kappa shape index (κ2) is 6.02. The first kappa shape index (κ1) is 13.8. The number of pyridine rings is 1. The van der Waals surface area contributed by atoms with Gasteiger partial charge in [-0.15, -0.1) is 0 Å². The molecule has 0 aliphatic rings. The summed E-state index contributed by atoms with van der Waals surface area (Å²) in [5, 5.41) is 0.676. The fourth-order valence-corrected chi connectivity index (χ4v) is 2.14. The number of rotatable bonds is 4. The van der Waals surface area contributed by atoms with Crippen LogP contribution >= 0.6 is 15.9 Å². The number of hydrogen-bond donors (Lipinski definition) is 1. The summed E-state index contributed by atoms with van der Waals surface area (Å²) in [6.07, 6.45) is 1.77. The largest absolute Gasteiger partial charge is 0.462 e. The zero-order valence-electron chi connectivity index (χ0n) is 10.5. The van der Waals surface area contributed by atoms with E-state index in [0.717, 1.165) is 17.3 Å². The molecule has 0 saturated heterocycles. The Labute approximate surface area is 118 Å². The summed E-state index contributed by atoms with van der Waals surface area (Å²) in [6, 6.07) is 6.64. The van der Waals surface area contributed by atoms with Crippen LogP contribution < -0.4 is 5.56 Å². The number of carbonyl (C=O) groups excluding carboxylic acids is 1. The van der Waals surface area contributed by atoms with Crippen LogP contribution in [0.25, 0.3) is 10.9 Å². The van der Waals surface area contributed by atoms with Crippen LogP contribution in [0.2, 0.25) is 0 Å². The molecule has 0 spiro atoms. The molecule has 1 heterocycles. The van der Waals surface area contributed by atoms with Crippen molar-refractivity contribution in [2.45, 2.75) is 19.8 Å². The summed E-state index contributed by atoms with van der Waals surface area (Å²) in [5.41, 5.74) is 0.617. The van der Waals surface area contributed by atoms with Gasteiger partial charge >= 0.3 is 5.97 Å². The SMILES string of the molecule is CCCCOC(=O)c1cc(=O)[nH]c2ccc(Br)cc12. The van der Waals surface area contributed by atoms with Crippen molar-refractivity contribution in [1.82, 2.24) is 4.98 Å². The van der Waals surface area contributed by atoms with Crippen molar-refractivity contribution in [3.05, 3.63) is 44.7 Å². The number of nitrogens with one attached hydrogen (secondary N) is 1. The summed E-state index contributed by atoms with van der Waals surface area (Å²) in [7, 11) is 0. The zero-order chi connectivity index (χ0) is 13.8. The number of esters is 1. The third kappa shape index (κ3) is 3.23. The van der Waals surface area contributed by atoms with Crippen LogP contribution in [0.5, 0.6) is 0 Å². The van der Waals surface area contributed by atoms with Crippen molar-refractivity contribution >= 4 is 32.8 Å². The quantitative estimate of drug-likeness (QED) is 0.694.